The largest absolute Gasteiger partial charge is 0.421 e. The van der Waals surface area contributed by atoms with E-state index in [1.165, 1.54) is 22.1 Å². The molecule has 180 valence electrons. The van der Waals surface area contributed by atoms with Gasteiger partial charge in [0.25, 0.3) is 0 Å². The molecular weight excluding hydrogens is 476 g/mol. The van der Waals surface area contributed by atoms with Crippen LogP contribution in [0.3, 0.4) is 0 Å². The Balaban J connectivity index is 1.81. The third-order valence-electron chi connectivity index (χ3n) is 5.36. The highest BCUT2D eigenvalue weighted by Gasteiger charge is 2.51. The molecule has 2 heterocycles. The molecule has 13 heteroatoms. The molecule has 1 aromatic heterocycles. The quantitative estimate of drug-likeness (QED) is 0.522. The van der Waals surface area contributed by atoms with Gasteiger partial charge in [0, 0.05) is 37.9 Å². The van der Waals surface area contributed by atoms with E-state index in [9.17, 15) is 39.9 Å². The van der Waals surface area contributed by atoms with E-state index in [-0.39, 0.29) is 42.5 Å². The van der Waals surface area contributed by atoms with Gasteiger partial charge in [0.15, 0.2) is 5.60 Å². The Morgan fingerprint density at radius 1 is 0.970 bits per heavy atom. The predicted molar refractivity (Wildman–Crippen MR) is 108 cm³/mol. The SMILES string of the molecule is CC(O)(c1ccc(C(N2CCN(c3ncccc3C(F)(F)F)CC2)=S(=O)=O)cc1)C(F)(F)F. The minimum absolute atomic E-state index is 0.0409. The molecule has 0 saturated carbocycles. The average molecular weight is 495 g/mol. The summed E-state index contributed by atoms with van der Waals surface area (Å²) in [4.78, 5) is 6.44. The van der Waals surface area contributed by atoms with Crippen molar-refractivity contribution in [2.75, 3.05) is 31.1 Å². The van der Waals surface area contributed by atoms with E-state index in [1.54, 1.807) is 0 Å². The van der Waals surface area contributed by atoms with Crippen LogP contribution in [0.15, 0.2) is 42.6 Å². The first-order chi connectivity index (χ1) is 15.2. The normalized spacial score (nSPS) is 17.5. The van der Waals surface area contributed by atoms with Crippen LogP contribution in [0.25, 0.3) is 0 Å². The van der Waals surface area contributed by atoms with Gasteiger partial charge >= 0.3 is 12.4 Å². The molecule has 0 aliphatic carbocycles. The van der Waals surface area contributed by atoms with E-state index < -0.39 is 39.4 Å². The summed E-state index contributed by atoms with van der Waals surface area (Å²) in [6, 6.07) is 6.34. The molecule has 3 rings (SSSR count). The Bertz CT molecular complexity index is 1130. The van der Waals surface area contributed by atoms with Crippen LogP contribution >= 0.6 is 0 Å². The molecule has 0 spiro atoms. The first kappa shape index (κ1) is 25.0. The number of hydrogen-bond acceptors (Lipinski definition) is 5. The van der Waals surface area contributed by atoms with Crippen molar-refractivity contribution in [3.05, 3.63) is 59.3 Å². The number of anilines is 1. The molecule has 6 nitrogen and oxygen atoms in total. The summed E-state index contributed by atoms with van der Waals surface area (Å²) in [5.74, 6) is -0.256. The maximum Gasteiger partial charge on any atom is 0.421 e. The van der Waals surface area contributed by atoms with Crippen LogP contribution in [0, 0.1) is 0 Å². The van der Waals surface area contributed by atoms with Crippen LogP contribution in [-0.4, -0.2) is 60.8 Å². The molecule has 1 fully saturated rings. The van der Waals surface area contributed by atoms with E-state index in [4.69, 9.17) is 0 Å². The van der Waals surface area contributed by atoms with Gasteiger partial charge in [0.2, 0.25) is 10.3 Å². The van der Waals surface area contributed by atoms with Gasteiger partial charge in [-0.2, -0.15) is 34.8 Å². The minimum Gasteiger partial charge on any atom is -0.376 e. The first-order valence-corrected chi connectivity index (χ1v) is 10.7. The van der Waals surface area contributed by atoms with Crippen LogP contribution in [0.5, 0.6) is 0 Å². The summed E-state index contributed by atoms with van der Waals surface area (Å²) < 4.78 is 103. The lowest BCUT2D eigenvalue weighted by molar-refractivity contribution is -0.258. The van der Waals surface area contributed by atoms with Crippen LogP contribution in [0.2, 0.25) is 0 Å². The van der Waals surface area contributed by atoms with Crippen molar-refractivity contribution in [2.24, 2.45) is 0 Å². The number of rotatable bonds is 3. The lowest BCUT2D eigenvalue weighted by Gasteiger charge is -2.36. The number of aromatic nitrogens is 1. The number of benzene rings is 1. The van der Waals surface area contributed by atoms with E-state index in [0.29, 0.717) is 6.92 Å². The van der Waals surface area contributed by atoms with Crippen molar-refractivity contribution in [3.8, 4) is 0 Å². The molecule has 0 amide bonds. The monoisotopic (exact) mass is 495 g/mol. The second kappa shape index (κ2) is 8.95. The molecule has 1 N–H and O–H groups in total. The van der Waals surface area contributed by atoms with Crippen molar-refractivity contribution < 1.29 is 39.9 Å². The molecule has 0 bridgehead atoms. The highest BCUT2D eigenvalue weighted by molar-refractivity contribution is 7.73. The highest BCUT2D eigenvalue weighted by atomic mass is 32.2. The lowest BCUT2D eigenvalue weighted by atomic mass is 9.94. The van der Waals surface area contributed by atoms with Crippen LogP contribution in [0.4, 0.5) is 32.2 Å². The number of alkyl halides is 6. The fourth-order valence-corrected chi connectivity index (χ4v) is 4.20. The second-order valence-corrected chi connectivity index (χ2v) is 8.39. The van der Waals surface area contributed by atoms with Gasteiger partial charge < -0.3 is 10.0 Å². The zero-order valence-electron chi connectivity index (χ0n) is 17.2. The first-order valence-electron chi connectivity index (χ1n) is 9.62. The standard InChI is InChI=1S/C20H19F6N3O3S/c1-18(30,20(24,25)26)14-6-4-13(5-7-14)17(33(31)32)29-11-9-28(10-12-29)16-15(19(21,22)23)3-2-8-27-16/h2-8,30H,9-12H2,1H3. The maximum atomic E-state index is 13.3. The molecular formula is C20H19F6N3O3S. The van der Waals surface area contributed by atoms with E-state index >= 15 is 0 Å². The van der Waals surface area contributed by atoms with Gasteiger partial charge in [0.05, 0.1) is 5.56 Å². The molecule has 1 aromatic carbocycles. The predicted octanol–water partition coefficient (Wildman–Crippen LogP) is 3.05. The van der Waals surface area contributed by atoms with Crippen LogP contribution in [-0.2, 0) is 22.1 Å². The molecule has 2 aromatic rings. The number of piperazine rings is 1. The Labute approximate surface area is 186 Å². The molecule has 1 aliphatic heterocycles. The van der Waals surface area contributed by atoms with Crippen LogP contribution < -0.4 is 4.90 Å². The van der Waals surface area contributed by atoms with Crippen LogP contribution in [0.1, 0.15) is 23.6 Å². The summed E-state index contributed by atoms with van der Waals surface area (Å²) in [5.41, 5.74) is -4.39. The van der Waals surface area contributed by atoms with Gasteiger partial charge in [-0.05, 0) is 24.6 Å². The van der Waals surface area contributed by atoms with Gasteiger partial charge in [-0.15, -0.1) is 0 Å². The summed E-state index contributed by atoms with van der Waals surface area (Å²) in [5, 5.41) is 9.77. The average Bonchev–Trinajstić information content (AvgIpc) is 2.73. The molecule has 1 atom stereocenters. The summed E-state index contributed by atoms with van der Waals surface area (Å²) in [6.45, 7) is 0.756. The number of nitrogens with zero attached hydrogens (tertiary/aromatic N) is 3. The zero-order valence-corrected chi connectivity index (χ0v) is 18.0. The van der Waals surface area contributed by atoms with Gasteiger partial charge in [-0.1, -0.05) is 24.3 Å². The maximum absolute atomic E-state index is 13.3. The highest BCUT2D eigenvalue weighted by Crippen LogP contribution is 2.38. The summed E-state index contributed by atoms with van der Waals surface area (Å²) in [6.07, 6.45) is -8.30. The third kappa shape index (κ3) is 5.14. The summed E-state index contributed by atoms with van der Waals surface area (Å²) >= 11 is 0. The summed E-state index contributed by atoms with van der Waals surface area (Å²) in [7, 11) is -2.78. The number of aliphatic hydroxyl groups is 1. The van der Waals surface area contributed by atoms with Gasteiger partial charge in [-0.25, -0.2) is 4.98 Å². The topological polar surface area (TPSA) is 73.7 Å². The fraction of sp³-hybridized carbons (Fsp3) is 0.400. The molecule has 33 heavy (non-hydrogen) atoms. The lowest BCUT2D eigenvalue weighted by Crippen LogP contribution is -2.50. The number of pyridine rings is 1. The number of halogens is 6. The smallest absolute Gasteiger partial charge is 0.376 e. The molecule has 1 aliphatic rings. The minimum atomic E-state index is -4.93. The van der Waals surface area contributed by atoms with Crippen molar-refractivity contribution in [3.63, 3.8) is 0 Å². The van der Waals surface area contributed by atoms with Crippen molar-refractivity contribution in [2.45, 2.75) is 24.9 Å². The third-order valence-corrected chi connectivity index (χ3v) is 6.17. The zero-order chi connectivity index (χ0) is 24.6. The van der Waals surface area contributed by atoms with Crippen molar-refractivity contribution in [1.82, 2.24) is 9.88 Å². The number of hydrogen-bond donors (Lipinski definition) is 1. The van der Waals surface area contributed by atoms with Crippen molar-refractivity contribution in [1.29, 1.82) is 0 Å². The Kier molecular flexibility index (Phi) is 6.78. The van der Waals surface area contributed by atoms with E-state index in [0.717, 1.165) is 30.3 Å². The van der Waals surface area contributed by atoms with Gasteiger partial charge in [0.1, 0.15) is 10.8 Å². The Hall–Kier alpha value is -2.64. The Morgan fingerprint density at radius 3 is 2.03 bits per heavy atom. The van der Waals surface area contributed by atoms with Gasteiger partial charge in [-0.3, -0.25) is 4.90 Å². The Morgan fingerprint density at radius 2 is 1.55 bits per heavy atom. The van der Waals surface area contributed by atoms with E-state index in [2.05, 4.69) is 4.98 Å². The van der Waals surface area contributed by atoms with E-state index in [1.807, 2.05) is 0 Å². The molecule has 0 radical (unpaired) electrons. The molecule has 1 saturated heterocycles. The van der Waals surface area contributed by atoms with Crippen molar-refractivity contribution >= 4 is 21.1 Å². The fourth-order valence-electron chi connectivity index (χ4n) is 3.48. The second-order valence-electron chi connectivity index (χ2n) is 7.53. The molecule has 1 unspecified atom stereocenters.